The van der Waals surface area contributed by atoms with Gasteiger partial charge in [0.1, 0.15) is 29.3 Å². The third kappa shape index (κ3) is 4.55. The van der Waals surface area contributed by atoms with Crippen molar-refractivity contribution in [2.24, 2.45) is 0 Å². The second kappa shape index (κ2) is 10.0. The van der Waals surface area contributed by atoms with Crippen molar-refractivity contribution in [1.29, 1.82) is 0 Å². The number of amides is 1. The van der Waals surface area contributed by atoms with Crippen LogP contribution in [0.3, 0.4) is 0 Å². The fourth-order valence-electron chi connectivity index (χ4n) is 4.11. The fraction of sp³-hybridized carbons (Fsp3) is 0.231. The van der Waals surface area contributed by atoms with Crippen molar-refractivity contribution in [1.82, 2.24) is 24.6 Å². The summed E-state index contributed by atoms with van der Waals surface area (Å²) in [5.41, 5.74) is 8.43. The number of fused-ring (bicyclic) bond motifs is 1. The highest BCUT2D eigenvalue weighted by Gasteiger charge is 2.28. The molecule has 4 rings (SSSR count). The molecule has 3 aromatic rings. The number of piperidine rings is 1. The predicted octanol–water partition coefficient (Wildman–Crippen LogP) is 3.90. The molecule has 1 aromatic carbocycles. The Morgan fingerprint density at radius 3 is 2.82 bits per heavy atom. The second-order valence-electron chi connectivity index (χ2n) is 7.87. The molecule has 0 aliphatic carbocycles. The van der Waals surface area contributed by atoms with Gasteiger partial charge in [-0.2, -0.15) is 5.10 Å². The number of ether oxygens (including phenoxy) is 1. The quantitative estimate of drug-likeness (QED) is 0.263. The molecule has 0 saturated carbocycles. The standard InChI is InChI=1S/C26H26N6O2/c1-4-8-20(9-5-2)34-21-13-11-18(12-14-21)24-23-25(27)28-17-29-26(23)32(30-24)19-10-7-15-31(16-19)22(33)6-3/h1,5-6,8-9,11-14,17,19H,3,7,10,15-16H2,2H3,(H2,27,28,29)/b9-5-,20-8+/t19-/m1/s1. The van der Waals surface area contributed by atoms with E-state index in [1.165, 1.54) is 12.4 Å². The van der Waals surface area contributed by atoms with Crippen LogP contribution in [0.4, 0.5) is 5.82 Å². The Balaban J connectivity index is 1.70. The van der Waals surface area contributed by atoms with E-state index in [0.717, 1.165) is 18.4 Å². The van der Waals surface area contributed by atoms with Crippen molar-refractivity contribution < 1.29 is 9.53 Å². The van der Waals surface area contributed by atoms with Crippen LogP contribution in [0.5, 0.6) is 5.75 Å². The minimum atomic E-state index is -0.0812. The molecule has 1 amide bonds. The molecule has 172 valence electrons. The van der Waals surface area contributed by atoms with Crippen LogP contribution in [0.1, 0.15) is 25.8 Å². The molecule has 2 aromatic heterocycles. The van der Waals surface area contributed by atoms with E-state index in [9.17, 15) is 4.79 Å². The van der Waals surface area contributed by atoms with Crippen LogP contribution < -0.4 is 10.5 Å². The highest BCUT2D eigenvalue weighted by Crippen LogP contribution is 2.34. The van der Waals surface area contributed by atoms with Gasteiger partial charge in [0.2, 0.25) is 5.91 Å². The zero-order chi connectivity index (χ0) is 24.1. The molecule has 0 spiro atoms. The smallest absolute Gasteiger partial charge is 0.246 e. The van der Waals surface area contributed by atoms with Gasteiger partial charge in [0.25, 0.3) is 0 Å². The van der Waals surface area contributed by atoms with Crippen molar-refractivity contribution in [3.8, 4) is 29.4 Å². The molecule has 1 fully saturated rings. The van der Waals surface area contributed by atoms with Gasteiger partial charge >= 0.3 is 0 Å². The van der Waals surface area contributed by atoms with Gasteiger partial charge in [0, 0.05) is 24.7 Å². The van der Waals surface area contributed by atoms with Crippen LogP contribution in [-0.4, -0.2) is 43.6 Å². The van der Waals surface area contributed by atoms with Crippen molar-refractivity contribution in [3.05, 3.63) is 67.2 Å². The zero-order valence-corrected chi connectivity index (χ0v) is 19.0. The predicted molar refractivity (Wildman–Crippen MR) is 133 cm³/mol. The maximum atomic E-state index is 12.2. The third-order valence-electron chi connectivity index (χ3n) is 5.67. The summed E-state index contributed by atoms with van der Waals surface area (Å²) < 4.78 is 7.72. The van der Waals surface area contributed by atoms with Crippen LogP contribution in [-0.2, 0) is 4.79 Å². The Hall–Kier alpha value is -4.38. The fourth-order valence-corrected chi connectivity index (χ4v) is 4.11. The van der Waals surface area contributed by atoms with E-state index in [1.54, 1.807) is 17.1 Å². The highest BCUT2D eigenvalue weighted by molar-refractivity contribution is 5.98. The molecule has 3 heterocycles. The Morgan fingerprint density at radius 2 is 2.12 bits per heavy atom. The number of allylic oxidation sites excluding steroid dienone is 3. The number of hydrogen-bond acceptors (Lipinski definition) is 6. The molecule has 0 radical (unpaired) electrons. The number of terminal acetylenes is 1. The normalized spacial score (nSPS) is 16.5. The number of nitrogens with zero attached hydrogens (tertiary/aromatic N) is 5. The number of carbonyl (C=O) groups is 1. The van der Waals surface area contributed by atoms with Gasteiger partial charge in [-0.05, 0) is 56.2 Å². The minimum absolute atomic E-state index is 0.0249. The molecule has 8 nitrogen and oxygen atoms in total. The Kier molecular flexibility index (Phi) is 6.74. The van der Waals surface area contributed by atoms with Crippen molar-refractivity contribution >= 4 is 22.8 Å². The van der Waals surface area contributed by atoms with Crippen LogP contribution in [0.15, 0.2) is 67.2 Å². The summed E-state index contributed by atoms with van der Waals surface area (Å²) in [7, 11) is 0. The summed E-state index contributed by atoms with van der Waals surface area (Å²) in [4.78, 5) is 22.6. The zero-order valence-electron chi connectivity index (χ0n) is 19.0. The molecule has 2 N–H and O–H groups in total. The van der Waals surface area contributed by atoms with Gasteiger partial charge in [0.15, 0.2) is 5.65 Å². The summed E-state index contributed by atoms with van der Waals surface area (Å²) in [6.45, 7) is 6.74. The maximum Gasteiger partial charge on any atom is 0.246 e. The van der Waals surface area contributed by atoms with E-state index in [4.69, 9.17) is 22.0 Å². The summed E-state index contributed by atoms with van der Waals surface area (Å²) in [5, 5.41) is 5.58. The second-order valence-corrected chi connectivity index (χ2v) is 7.87. The van der Waals surface area contributed by atoms with Crippen LogP contribution in [0.25, 0.3) is 22.3 Å². The number of nitrogens with two attached hydrogens (primary N) is 1. The molecule has 1 saturated heterocycles. The first-order valence-electron chi connectivity index (χ1n) is 11.0. The average molecular weight is 455 g/mol. The third-order valence-corrected chi connectivity index (χ3v) is 5.67. The number of carbonyl (C=O) groups excluding carboxylic acids is 1. The molecule has 0 unspecified atom stereocenters. The van der Waals surface area contributed by atoms with Gasteiger partial charge in [-0.3, -0.25) is 4.79 Å². The van der Waals surface area contributed by atoms with E-state index in [0.29, 0.717) is 47.1 Å². The van der Waals surface area contributed by atoms with Gasteiger partial charge in [-0.25, -0.2) is 14.6 Å². The summed E-state index contributed by atoms with van der Waals surface area (Å²) in [5.74, 6) is 3.96. The first-order valence-corrected chi connectivity index (χ1v) is 11.0. The van der Waals surface area contributed by atoms with Crippen molar-refractivity contribution in [2.75, 3.05) is 18.8 Å². The lowest BCUT2D eigenvalue weighted by Crippen LogP contribution is -2.40. The maximum absolute atomic E-state index is 12.2. The number of hydrogen-bond donors (Lipinski definition) is 1. The summed E-state index contributed by atoms with van der Waals surface area (Å²) in [6, 6.07) is 7.48. The molecule has 1 aliphatic rings. The summed E-state index contributed by atoms with van der Waals surface area (Å²) in [6.07, 6.45) is 15.1. The van der Waals surface area contributed by atoms with Gasteiger partial charge in [-0.1, -0.05) is 18.6 Å². The number of anilines is 1. The highest BCUT2D eigenvalue weighted by atomic mass is 16.5. The van der Waals surface area contributed by atoms with E-state index in [1.807, 2.05) is 41.9 Å². The Bertz CT molecular complexity index is 1310. The number of likely N-dealkylation sites (tertiary alicyclic amines) is 1. The molecule has 1 atom stereocenters. The van der Waals surface area contributed by atoms with E-state index < -0.39 is 0 Å². The number of rotatable bonds is 6. The molecule has 0 bridgehead atoms. The van der Waals surface area contributed by atoms with Crippen LogP contribution in [0.2, 0.25) is 0 Å². The lowest BCUT2D eigenvalue weighted by molar-refractivity contribution is -0.127. The Labute approximate surface area is 198 Å². The SMILES string of the molecule is C#C/C=C(\C=C/C)Oc1ccc(-c2nn([C@@H]3CCCN(C(=O)C=C)C3)c3ncnc(N)c23)cc1. The number of aromatic nitrogens is 4. The van der Waals surface area contributed by atoms with Gasteiger partial charge in [0.05, 0.1) is 11.4 Å². The van der Waals surface area contributed by atoms with Gasteiger partial charge in [-0.15, -0.1) is 6.42 Å². The molecular formula is C26H26N6O2. The molecular weight excluding hydrogens is 428 g/mol. The topological polar surface area (TPSA) is 99.2 Å². The summed E-state index contributed by atoms with van der Waals surface area (Å²) >= 11 is 0. The monoisotopic (exact) mass is 454 g/mol. The first-order chi connectivity index (χ1) is 16.5. The first kappa shape index (κ1) is 22.8. The minimum Gasteiger partial charge on any atom is -0.457 e. The average Bonchev–Trinajstić information content (AvgIpc) is 3.25. The lowest BCUT2D eigenvalue weighted by atomic mass is 10.1. The van der Waals surface area contributed by atoms with E-state index in [2.05, 4.69) is 22.5 Å². The molecule has 1 aliphatic heterocycles. The largest absolute Gasteiger partial charge is 0.457 e. The molecule has 8 heteroatoms. The van der Waals surface area contributed by atoms with Crippen molar-refractivity contribution in [3.63, 3.8) is 0 Å². The molecule has 34 heavy (non-hydrogen) atoms. The lowest BCUT2D eigenvalue weighted by Gasteiger charge is -2.32. The van der Waals surface area contributed by atoms with Crippen LogP contribution in [0, 0.1) is 12.3 Å². The van der Waals surface area contributed by atoms with E-state index >= 15 is 0 Å². The van der Waals surface area contributed by atoms with E-state index in [-0.39, 0.29) is 11.9 Å². The number of benzene rings is 1. The Morgan fingerprint density at radius 1 is 1.32 bits per heavy atom. The number of nitrogen functional groups attached to an aromatic ring is 1. The van der Waals surface area contributed by atoms with Gasteiger partial charge < -0.3 is 15.4 Å². The van der Waals surface area contributed by atoms with Crippen molar-refractivity contribution in [2.45, 2.75) is 25.8 Å². The van der Waals surface area contributed by atoms with Crippen LogP contribution >= 0.6 is 0 Å².